The summed E-state index contributed by atoms with van der Waals surface area (Å²) < 4.78 is 9.85. The van der Waals surface area contributed by atoms with Gasteiger partial charge in [-0.2, -0.15) is 0 Å². The number of aliphatic carboxylic acids is 1. The van der Waals surface area contributed by atoms with E-state index in [1.807, 2.05) is 13.8 Å². The number of carbonyl (C=O) groups is 3. The van der Waals surface area contributed by atoms with Crippen LogP contribution in [-0.2, 0) is 23.9 Å². The zero-order valence-electron chi connectivity index (χ0n) is 19.5. The van der Waals surface area contributed by atoms with Gasteiger partial charge in [0.05, 0.1) is 19.6 Å². The third-order valence-electron chi connectivity index (χ3n) is 4.17. The van der Waals surface area contributed by atoms with E-state index in [9.17, 15) is 14.4 Å². The molecule has 0 saturated heterocycles. The largest absolute Gasteiger partial charge is 0.478 e. The van der Waals surface area contributed by atoms with Crippen LogP contribution in [0, 0.1) is 0 Å². The molecule has 0 spiro atoms. The van der Waals surface area contributed by atoms with Crippen molar-refractivity contribution in [1.29, 1.82) is 0 Å². The lowest BCUT2D eigenvalue weighted by Crippen LogP contribution is -2.13. The van der Waals surface area contributed by atoms with Gasteiger partial charge in [0, 0.05) is 11.6 Å². The fourth-order valence-electron chi connectivity index (χ4n) is 2.29. The predicted molar refractivity (Wildman–Crippen MR) is 120 cm³/mol. The Morgan fingerprint density at radius 1 is 0.800 bits per heavy atom. The lowest BCUT2D eigenvalue weighted by atomic mass is 10.0. The van der Waals surface area contributed by atoms with Gasteiger partial charge >= 0.3 is 17.9 Å². The number of carbonyl (C=O) groups excluding carboxylic acids is 2. The summed E-state index contributed by atoms with van der Waals surface area (Å²) in [6, 6.07) is 0. The highest BCUT2D eigenvalue weighted by molar-refractivity contribution is 5.93. The van der Waals surface area contributed by atoms with E-state index in [0.717, 1.165) is 69.8 Å². The number of rotatable bonds is 16. The van der Waals surface area contributed by atoms with Crippen LogP contribution in [-0.4, -0.2) is 36.2 Å². The minimum Gasteiger partial charge on any atom is -0.478 e. The molecule has 0 amide bonds. The van der Waals surface area contributed by atoms with Gasteiger partial charge in [0.15, 0.2) is 0 Å². The molecule has 0 fully saturated rings. The fourth-order valence-corrected chi connectivity index (χ4v) is 2.29. The maximum atomic E-state index is 11.4. The van der Waals surface area contributed by atoms with Gasteiger partial charge in [-0.3, -0.25) is 4.79 Å². The first-order chi connectivity index (χ1) is 14.3. The number of hydrogen-bond acceptors (Lipinski definition) is 5. The molecule has 174 valence electrons. The summed E-state index contributed by atoms with van der Waals surface area (Å²) in [5.41, 5.74) is 1.25. The predicted octanol–water partition coefficient (Wildman–Crippen LogP) is 6.00. The van der Waals surface area contributed by atoms with E-state index in [1.165, 1.54) is 6.08 Å². The Morgan fingerprint density at radius 3 is 1.70 bits per heavy atom. The van der Waals surface area contributed by atoms with Crippen LogP contribution in [0.4, 0.5) is 0 Å². The zero-order chi connectivity index (χ0) is 23.2. The Labute approximate surface area is 182 Å². The zero-order valence-corrected chi connectivity index (χ0v) is 19.5. The molecule has 0 radical (unpaired) electrons. The molecular formula is C24H42O6. The molecule has 0 saturated carbocycles. The number of hydrogen-bond donors (Lipinski definition) is 1. The van der Waals surface area contributed by atoms with Crippen molar-refractivity contribution in [3.63, 3.8) is 0 Å². The molecule has 0 aliphatic heterocycles. The standard InChI is InChI=1S/C13H22O4.C11H20O2/c1-4-6-8-16-12(14)10-11(3)13(15)17-9-7-5-2;1-3-5-7-10(8-6-4-2)9-11(12)13/h3-10H2,1-2H3;9H,3-8H2,1-2H3,(H,12,13). The van der Waals surface area contributed by atoms with Crippen molar-refractivity contribution in [3.8, 4) is 0 Å². The van der Waals surface area contributed by atoms with E-state index in [2.05, 4.69) is 20.4 Å². The molecule has 0 aromatic rings. The Bertz CT molecular complexity index is 512. The number of carboxylic acids is 1. The summed E-state index contributed by atoms with van der Waals surface area (Å²) in [6.45, 7) is 12.6. The van der Waals surface area contributed by atoms with Gasteiger partial charge in [0.1, 0.15) is 0 Å². The summed E-state index contributed by atoms with van der Waals surface area (Å²) in [4.78, 5) is 33.1. The average molecular weight is 427 g/mol. The van der Waals surface area contributed by atoms with Crippen LogP contribution in [0.3, 0.4) is 0 Å². The Morgan fingerprint density at radius 2 is 1.27 bits per heavy atom. The van der Waals surface area contributed by atoms with Gasteiger partial charge in [-0.05, 0) is 38.5 Å². The van der Waals surface area contributed by atoms with E-state index in [4.69, 9.17) is 14.6 Å². The molecule has 0 aliphatic rings. The van der Waals surface area contributed by atoms with Gasteiger partial charge in [-0.25, -0.2) is 9.59 Å². The smallest absolute Gasteiger partial charge is 0.333 e. The van der Waals surface area contributed by atoms with Crippen LogP contribution in [0.1, 0.15) is 98.3 Å². The first kappa shape index (κ1) is 30.1. The topological polar surface area (TPSA) is 89.9 Å². The number of ether oxygens (including phenoxy) is 2. The quantitative estimate of drug-likeness (QED) is 0.185. The van der Waals surface area contributed by atoms with Gasteiger partial charge < -0.3 is 14.6 Å². The van der Waals surface area contributed by atoms with Crippen molar-refractivity contribution in [3.05, 3.63) is 23.8 Å². The minimum atomic E-state index is -0.804. The van der Waals surface area contributed by atoms with Crippen molar-refractivity contribution in [2.45, 2.75) is 98.3 Å². The second-order valence-electron chi connectivity index (χ2n) is 7.19. The second kappa shape index (κ2) is 21.6. The Balaban J connectivity index is 0. The normalized spacial score (nSPS) is 9.73. The first-order valence-corrected chi connectivity index (χ1v) is 11.2. The second-order valence-corrected chi connectivity index (χ2v) is 7.19. The van der Waals surface area contributed by atoms with Gasteiger partial charge in [-0.1, -0.05) is 65.5 Å². The van der Waals surface area contributed by atoms with Gasteiger partial charge in [0.25, 0.3) is 0 Å². The SMILES string of the molecule is C=C(CC(=O)OCCCC)C(=O)OCCCC.CCCCC(=CC(=O)O)CCCC. The molecule has 6 heteroatoms. The fraction of sp³-hybridized carbons (Fsp3) is 0.708. The molecule has 0 atom stereocenters. The molecule has 30 heavy (non-hydrogen) atoms. The van der Waals surface area contributed by atoms with Crippen molar-refractivity contribution in [2.75, 3.05) is 13.2 Å². The summed E-state index contributed by atoms with van der Waals surface area (Å²) in [5.74, 6) is -1.73. The highest BCUT2D eigenvalue weighted by Crippen LogP contribution is 2.14. The molecule has 0 rings (SSSR count). The van der Waals surface area contributed by atoms with Crippen molar-refractivity contribution < 1.29 is 29.0 Å². The summed E-state index contributed by atoms with van der Waals surface area (Å²) in [5, 5.41) is 8.61. The molecule has 0 heterocycles. The molecule has 0 aromatic carbocycles. The van der Waals surface area contributed by atoms with E-state index < -0.39 is 17.9 Å². The number of allylic oxidation sites excluding steroid dienone is 1. The third kappa shape index (κ3) is 20.6. The maximum absolute atomic E-state index is 11.4. The summed E-state index contributed by atoms with van der Waals surface area (Å²) in [6.07, 6.45) is 11.2. The summed E-state index contributed by atoms with van der Waals surface area (Å²) in [7, 11) is 0. The third-order valence-corrected chi connectivity index (χ3v) is 4.17. The van der Waals surface area contributed by atoms with Gasteiger partial charge in [0.2, 0.25) is 0 Å². The Kier molecular flexibility index (Phi) is 21.7. The van der Waals surface area contributed by atoms with Gasteiger partial charge in [-0.15, -0.1) is 0 Å². The number of unbranched alkanes of at least 4 members (excludes halogenated alkanes) is 4. The van der Waals surface area contributed by atoms with Crippen LogP contribution in [0.15, 0.2) is 23.8 Å². The average Bonchev–Trinajstić information content (AvgIpc) is 2.70. The molecule has 0 bridgehead atoms. The highest BCUT2D eigenvalue weighted by atomic mass is 16.5. The monoisotopic (exact) mass is 426 g/mol. The van der Waals surface area contributed by atoms with E-state index in [1.54, 1.807) is 0 Å². The lowest BCUT2D eigenvalue weighted by molar-refractivity contribution is -0.146. The van der Waals surface area contributed by atoms with Crippen molar-refractivity contribution in [1.82, 2.24) is 0 Å². The maximum Gasteiger partial charge on any atom is 0.333 e. The van der Waals surface area contributed by atoms with Crippen molar-refractivity contribution >= 4 is 17.9 Å². The van der Waals surface area contributed by atoms with Crippen LogP contribution in [0.25, 0.3) is 0 Å². The van der Waals surface area contributed by atoms with Crippen LogP contribution in [0.2, 0.25) is 0 Å². The minimum absolute atomic E-state index is 0.0886. The molecule has 0 aromatic heterocycles. The van der Waals surface area contributed by atoms with Crippen molar-refractivity contribution in [2.24, 2.45) is 0 Å². The summed E-state index contributed by atoms with van der Waals surface area (Å²) >= 11 is 0. The first-order valence-electron chi connectivity index (χ1n) is 11.2. The highest BCUT2D eigenvalue weighted by Gasteiger charge is 2.13. The van der Waals surface area contributed by atoms with Crippen LogP contribution < -0.4 is 0 Å². The molecular weight excluding hydrogens is 384 g/mol. The number of carboxylic acid groups (broad SMARTS) is 1. The Hall–Kier alpha value is -2.11. The van der Waals surface area contributed by atoms with E-state index >= 15 is 0 Å². The molecule has 0 unspecified atom stereocenters. The molecule has 0 aliphatic carbocycles. The van der Waals surface area contributed by atoms with E-state index in [0.29, 0.717) is 13.2 Å². The van der Waals surface area contributed by atoms with Crippen LogP contribution >= 0.6 is 0 Å². The number of esters is 2. The molecule has 6 nitrogen and oxygen atoms in total. The molecule has 1 N–H and O–H groups in total. The van der Waals surface area contributed by atoms with Crippen LogP contribution in [0.5, 0.6) is 0 Å². The van der Waals surface area contributed by atoms with E-state index in [-0.39, 0.29) is 12.0 Å². The lowest BCUT2D eigenvalue weighted by Gasteiger charge is -2.07.